The zero-order valence-electron chi connectivity index (χ0n) is 26.1. The third-order valence-electron chi connectivity index (χ3n) is 7.11. The lowest BCUT2D eigenvalue weighted by Crippen LogP contribution is -2.40. The van der Waals surface area contributed by atoms with Gasteiger partial charge in [-0.2, -0.15) is 0 Å². The first-order chi connectivity index (χ1) is 21.8. The number of amides is 3. The van der Waals surface area contributed by atoms with Crippen LogP contribution in [-0.2, 0) is 26.0 Å². The Bertz CT molecular complexity index is 1710. The quantitative estimate of drug-likeness (QED) is 0.201. The minimum absolute atomic E-state index is 0.0679. The number of ether oxygens (including phenoxy) is 4. The average molecular weight is 656 g/mol. The number of hydrogen-bond donors (Lipinski definition) is 4. The summed E-state index contributed by atoms with van der Waals surface area (Å²) in [6.07, 6.45) is -0.364. The number of anilines is 1. The molecule has 1 aliphatic rings. The van der Waals surface area contributed by atoms with Crippen LogP contribution in [0.1, 0.15) is 62.8 Å². The second-order valence-electron chi connectivity index (χ2n) is 10.9. The van der Waals surface area contributed by atoms with Crippen LogP contribution in [0.4, 0.5) is 10.5 Å². The molecule has 0 spiro atoms. The van der Waals surface area contributed by atoms with Gasteiger partial charge < -0.3 is 34.7 Å². The van der Waals surface area contributed by atoms with Gasteiger partial charge in [0, 0.05) is 11.3 Å². The Balaban J connectivity index is 1.69. The Morgan fingerprint density at radius 2 is 1.67 bits per heavy atom. The van der Waals surface area contributed by atoms with E-state index < -0.39 is 40.1 Å². The van der Waals surface area contributed by atoms with E-state index in [0.717, 1.165) is 5.56 Å². The molecule has 0 fully saturated rings. The summed E-state index contributed by atoms with van der Waals surface area (Å²) in [4.78, 5) is 37.1. The normalized spacial score (nSPS) is 13.4. The summed E-state index contributed by atoms with van der Waals surface area (Å²) < 4.78 is 51.5. The molecule has 3 amide bonds. The van der Waals surface area contributed by atoms with Crippen molar-refractivity contribution in [3.05, 3.63) is 71.3 Å². The van der Waals surface area contributed by atoms with Crippen molar-refractivity contribution in [2.75, 3.05) is 19.2 Å². The zero-order valence-corrected chi connectivity index (χ0v) is 26.9. The van der Waals surface area contributed by atoms with E-state index in [9.17, 15) is 22.8 Å². The van der Waals surface area contributed by atoms with Crippen molar-refractivity contribution in [1.29, 1.82) is 0 Å². The molecule has 0 aromatic heterocycles. The molecule has 2 atom stereocenters. The summed E-state index contributed by atoms with van der Waals surface area (Å²) in [6.45, 7) is 7.16. The van der Waals surface area contributed by atoms with E-state index in [-0.39, 0.29) is 40.4 Å². The average Bonchev–Trinajstić information content (AvgIpc) is 3.49. The standard InChI is InChI=1S/C32H37N3O10S/c1-6-7-21-14-23(34-32(39)33-19(4)31(37)38)10-13-25(21)45-28(22-15-26(42-5)29-27(16-22)43-17-44-29)30(36)35-46(40,41)24-11-8-20(9-12-24)18(2)3/h8-16,18-19,28H,6-7,17H2,1-5H3,(H,35,36)(H,37,38)(H2,33,34,39)/t19-,28?/m1/s1. The topological polar surface area (TPSA) is 179 Å². The summed E-state index contributed by atoms with van der Waals surface area (Å²) in [7, 11) is -2.88. The molecule has 3 aromatic rings. The SMILES string of the molecule is CCCc1cc(NC(=O)N[C@H](C)C(=O)O)ccc1OC(C(=O)NS(=O)(=O)c1ccc(C(C)C)cc1)c1cc(OC)c2c(c1)OCO2. The summed E-state index contributed by atoms with van der Waals surface area (Å²) in [6, 6.07) is 12.1. The van der Waals surface area contributed by atoms with E-state index >= 15 is 0 Å². The van der Waals surface area contributed by atoms with Gasteiger partial charge in [-0.25, -0.2) is 17.9 Å². The number of aliphatic carboxylic acids is 1. The summed E-state index contributed by atoms with van der Waals surface area (Å²) in [5, 5.41) is 14.0. The highest BCUT2D eigenvalue weighted by molar-refractivity contribution is 7.90. The molecule has 0 saturated heterocycles. The fraction of sp³-hybridized carbons (Fsp3) is 0.344. The van der Waals surface area contributed by atoms with Crippen molar-refractivity contribution in [1.82, 2.24) is 10.0 Å². The molecule has 0 radical (unpaired) electrons. The Kier molecular flexibility index (Phi) is 10.6. The number of urea groups is 1. The largest absolute Gasteiger partial charge is 0.493 e. The molecular weight excluding hydrogens is 618 g/mol. The number of rotatable bonds is 13. The van der Waals surface area contributed by atoms with E-state index in [0.29, 0.717) is 29.8 Å². The lowest BCUT2D eigenvalue weighted by molar-refractivity contribution is -0.138. The van der Waals surface area contributed by atoms with Crippen molar-refractivity contribution < 1.29 is 46.9 Å². The van der Waals surface area contributed by atoms with Gasteiger partial charge in [-0.1, -0.05) is 39.3 Å². The van der Waals surface area contributed by atoms with Crippen LogP contribution in [0.15, 0.2) is 59.5 Å². The van der Waals surface area contributed by atoms with Crippen molar-refractivity contribution in [2.24, 2.45) is 0 Å². The second-order valence-corrected chi connectivity index (χ2v) is 12.6. The van der Waals surface area contributed by atoms with Gasteiger partial charge >= 0.3 is 12.0 Å². The van der Waals surface area contributed by atoms with Gasteiger partial charge in [0.05, 0.1) is 12.0 Å². The number of sulfonamides is 1. The van der Waals surface area contributed by atoms with E-state index in [1.165, 1.54) is 50.4 Å². The number of nitrogens with one attached hydrogen (secondary N) is 3. The minimum atomic E-state index is -4.29. The fourth-order valence-electron chi connectivity index (χ4n) is 4.64. The first-order valence-corrected chi connectivity index (χ1v) is 16.0. The van der Waals surface area contributed by atoms with Gasteiger partial charge in [0.1, 0.15) is 11.8 Å². The Hall–Kier alpha value is -4.98. The highest BCUT2D eigenvalue weighted by atomic mass is 32.2. The summed E-state index contributed by atoms with van der Waals surface area (Å²) in [5.74, 6) is -0.841. The van der Waals surface area contributed by atoms with Crippen molar-refractivity contribution >= 4 is 33.6 Å². The van der Waals surface area contributed by atoms with E-state index in [2.05, 4.69) is 15.4 Å². The Morgan fingerprint density at radius 1 is 0.957 bits per heavy atom. The molecule has 4 N–H and O–H groups in total. The van der Waals surface area contributed by atoms with Gasteiger partial charge in [-0.05, 0) is 72.9 Å². The van der Waals surface area contributed by atoms with Gasteiger partial charge in [-0.15, -0.1) is 0 Å². The fourth-order valence-corrected chi connectivity index (χ4v) is 5.62. The third-order valence-corrected chi connectivity index (χ3v) is 8.48. The van der Waals surface area contributed by atoms with E-state index in [4.69, 9.17) is 24.1 Å². The molecule has 0 aliphatic carbocycles. The molecular formula is C32H37N3O10S. The molecule has 0 saturated carbocycles. The zero-order chi connectivity index (χ0) is 33.6. The number of fused-ring (bicyclic) bond motifs is 1. The monoisotopic (exact) mass is 655 g/mol. The van der Waals surface area contributed by atoms with E-state index in [1.807, 2.05) is 20.8 Å². The number of hydrogen-bond acceptors (Lipinski definition) is 9. The lowest BCUT2D eigenvalue weighted by atomic mass is 10.0. The van der Waals surface area contributed by atoms with Gasteiger partial charge in [0.2, 0.25) is 18.6 Å². The molecule has 1 aliphatic heterocycles. The molecule has 13 nitrogen and oxygen atoms in total. The smallest absolute Gasteiger partial charge is 0.325 e. The first kappa shape index (κ1) is 33.9. The van der Waals surface area contributed by atoms with Crippen molar-refractivity contribution in [3.8, 4) is 23.0 Å². The number of methoxy groups -OCH3 is 1. The van der Waals surface area contributed by atoms with Crippen LogP contribution >= 0.6 is 0 Å². The van der Waals surface area contributed by atoms with Crippen molar-refractivity contribution in [2.45, 2.75) is 63.5 Å². The van der Waals surface area contributed by atoms with Crippen molar-refractivity contribution in [3.63, 3.8) is 0 Å². The molecule has 0 bridgehead atoms. The summed E-state index contributed by atoms with van der Waals surface area (Å²) >= 11 is 0. The van der Waals surface area contributed by atoms with Crippen LogP contribution in [0.5, 0.6) is 23.0 Å². The van der Waals surface area contributed by atoms with Crippen LogP contribution in [-0.4, -0.2) is 51.4 Å². The maximum Gasteiger partial charge on any atom is 0.325 e. The number of aryl methyl sites for hydroxylation is 1. The van der Waals surface area contributed by atoms with Crippen LogP contribution < -0.4 is 34.3 Å². The molecule has 4 rings (SSSR count). The van der Waals surface area contributed by atoms with Crippen LogP contribution in [0.2, 0.25) is 0 Å². The molecule has 1 heterocycles. The highest BCUT2D eigenvalue weighted by Crippen LogP contribution is 2.44. The van der Waals surface area contributed by atoms with Crippen LogP contribution in [0.3, 0.4) is 0 Å². The highest BCUT2D eigenvalue weighted by Gasteiger charge is 2.32. The van der Waals surface area contributed by atoms with E-state index in [1.54, 1.807) is 18.2 Å². The maximum atomic E-state index is 13.8. The van der Waals surface area contributed by atoms with Crippen LogP contribution in [0.25, 0.3) is 0 Å². The number of carbonyl (C=O) groups is 3. The predicted molar refractivity (Wildman–Crippen MR) is 168 cm³/mol. The number of benzene rings is 3. The maximum absolute atomic E-state index is 13.8. The molecule has 46 heavy (non-hydrogen) atoms. The van der Waals surface area contributed by atoms with Gasteiger partial charge in [0.25, 0.3) is 15.9 Å². The second kappa shape index (κ2) is 14.4. The molecule has 14 heteroatoms. The van der Waals surface area contributed by atoms with Crippen LogP contribution in [0, 0.1) is 0 Å². The van der Waals surface area contributed by atoms with Gasteiger partial charge in [-0.3, -0.25) is 9.59 Å². The Morgan fingerprint density at radius 3 is 2.30 bits per heavy atom. The predicted octanol–water partition coefficient (Wildman–Crippen LogP) is 4.72. The molecule has 1 unspecified atom stereocenters. The third kappa shape index (κ3) is 7.99. The molecule has 246 valence electrons. The number of carboxylic acids is 1. The minimum Gasteiger partial charge on any atom is -0.493 e. The lowest BCUT2D eigenvalue weighted by Gasteiger charge is -2.22. The van der Waals surface area contributed by atoms with Gasteiger partial charge in [0.15, 0.2) is 11.5 Å². The molecule has 3 aromatic carbocycles. The Labute approximate surface area is 267 Å². The number of carbonyl (C=O) groups excluding carboxylic acids is 2. The number of carboxylic acid groups (broad SMARTS) is 1. The first-order valence-electron chi connectivity index (χ1n) is 14.6. The summed E-state index contributed by atoms with van der Waals surface area (Å²) in [5.41, 5.74) is 2.12.